The molecule has 0 aliphatic carbocycles. The Labute approximate surface area is 142 Å². The average molecular weight is 337 g/mol. The summed E-state index contributed by atoms with van der Waals surface area (Å²) < 4.78 is 5.18. The van der Waals surface area contributed by atoms with Crippen molar-refractivity contribution < 1.29 is 4.74 Å². The molecule has 0 saturated heterocycles. The fraction of sp³-hybridized carbons (Fsp3) is 0.118. The number of pyridine rings is 1. The molecule has 0 aliphatic heterocycles. The van der Waals surface area contributed by atoms with Gasteiger partial charge in [-0.3, -0.25) is 5.10 Å². The summed E-state index contributed by atoms with van der Waals surface area (Å²) in [6.07, 6.45) is 3.55. The second kappa shape index (κ2) is 6.29. The second-order valence-corrected chi connectivity index (χ2v) is 6.12. The summed E-state index contributed by atoms with van der Waals surface area (Å²) in [6, 6.07) is 9.95. The van der Waals surface area contributed by atoms with Crippen LogP contribution in [0, 0.1) is 0 Å². The Kier molecular flexibility index (Phi) is 3.84. The van der Waals surface area contributed by atoms with E-state index in [2.05, 4.69) is 30.9 Å². The van der Waals surface area contributed by atoms with Crippen LogP contribution in [-0.4, -0.2) is 27.3 Å². The molecular weight excluding hydrogens is 322 g/mol. The summed E-state index contributed by atoms with van der Waals surface area (Å²) in [6.45, 7) is 0.650. The van der Waals surface area contributed by atoms with Crippen LogP contribution in [-0.2, 0) is 6.54 Å². The monoisotopic (exact) mass is 337 g/mol. The number of hydrogen-bond acceptors (Lipinski definition) is 6. The van der Waals surface area contributed by atoms with Crippen molar-refractivity contribution in [1.82, 2.24) is 20.2 Å². The molecule has 6 nitrogen and oxygen atoms in total. The number of ether oxygens (including phenoxy) is 1. The summed E-state index contributed by atoms with van der Waals surface area (Å²) in [5.41, 5.74) is 3.82. The molecule has 1 aromatic carbocycles. The van der Waals surface area contributed by atoms with Crippen molar-refractivity contribution >= 4 is 28.1 Å². The molecule has 4 rings (SSSR count). The number of rotatable bonds is 5. The van der Waals surface area contributed by atoms with Gasteiger partial charge >= 0.3 is 0 Å². The molecule has 0 saturated carbocycles. The Morgan fingerprint density at radius 3 is 2.92 bits per heavy atom. The number of anilines is 1. The first-order valence-corrected chi connectivity index (χ1v) is 8.31. The van der Waals surface area contributed by atoms with Gasteiger partial charge in [0.1, 0.15) is 10.8 Å². The van der Waals surface area contributed by atoms with Crippen LogP contribution in [0.1, 0.15) is 5.69 Å². The molecule has 0 spiro atoms. The highest BCUT2D eigenvalue weighted by Crippen LogP contribution is 2.26. The second-order valence-electron chi connectivity index (χ2n) is 5.26. The lowest BCUT2D eigenvalue weighted by Crippen LogP contribution is -2.00. The van der Waals surface area contributed by atoms with Gasteiger partial charge in [0.2, 0.25) is 0 Å². The molecule has 120 valence electrons. The molecule has 0 bridgehead atoms. The highest BCUT2D eigenvalue weighted by Gasteiger charge is 2.06. The highest BCUT2D eigenvalue weighted by atomic mass is 32.1. The predicted molar refractivity (Wildman–Crippen MR) is 95.3 cm³/mol. The van der Waals surface area contributed by atoms with E-state index in [4.69, 9.17) is 4.74 Å². The molecule has 3 heterocycles. The Balaban J connectivity index is 1.46. The summed E-state index contributed by atoms with van der Waals surface area (Å²) >= 11 is 1.63. The third-order valence-corrected chi connectivity index (χ3v) is 4.59. The minimum atomic E-state index is 0.650. The van der Waals surface area contributed by atoms with E-state index in [0.29, 0.717) is 6.54 Å². The molecule has 0 radical (unpaired) electrons. The van der Waals surface area contributed by atoms with E-state index in [-0.39, 0.29) is 0 Å². The van der Waals surface area contributed by atoms with Gasteiger partial charge in [-0.1, -0.05) is 0 Å². The lowest BCUT2D eigenvalue weighted by atomic mass is 10.2. The van der Waals surface area contributed by atoms with E-state index in [1.165, 1.54) is 0 Å². The number of aromatic nitrogens is 4. The molecule has 4 aromatic rings. The zero-order valence-electron chi connectivity index (χ0n) is 13.0. The highest BCUT2D eigenvalue weighted by molar-refractivity contribution is 7.13. The summed E-state index contributed by atoms with van der Waals surface area (Å²) in [7, 11) is 1.66. The molecule has 0 amide bonds. The Morgan fingerprint density at radius 2 is 2.08 bits per heavy atom. The molecule has 0 unspecified atom stereocenters. The predicted octanol–water partition coefficient (Wildman–Crippen LogP) is 3.70. The van der Waals surface area contributed by atoms with Gasteiger partial charge in [-0.2, -0.15) is 5.10 Å². The quantitative estimate of drug-likeness (QED) is 0.581. The number of nitrogens with one attached hydrogen (secondary N) is 2. The first-order valence-electron chi connectivity index (χ1n) is 7.43. The van der Waals surface area contributed by atoms with Crippen molar-refractivity contribution in [3.8, 4) is 16.3 Å². The van der Waals surface area contributed by atoms with Gasteiger partial charge in [0.25, 0.3) is 0 Å². The van der Waals surface area contributed by atoms with Gasteiger partial charge in [-0.25, -0.2) is 9.97 Å². The summed E-state index contributed by atoms with van der Waals surface area (Å²) in [5, 5.41) is 14.2. The lowest BCUT2D eigenvalue weighted by molar-refractivity contribution is 0.415. The number of nitrogens with zero attached hydrogens (tertiary/aromatic N) is 3. The van der Waals surface area contributed by atoms with E-state index in [1.54, 1.807) is 30.8 Å². The van der Waals surface area contributed by atoms with E-state index in [1.807, 2.05) is 30.3 Å². The Bertz CT molecular complexity index is 960. The molecule has 0 aliphatic rings. The Morgan fingerprint density at radius 1 is 1.21 bits per heavy atom. The minimum Gasteiger partial charge on any atom is -0.497 e. The van der Waals surface area contributed by atoms with Gasteiger partial charge in [-0.05, 0) is 30.3 Å². The lowest BCUT2D eigenvalue weighted by Gasteiger charge is -2.03. The molecule has 7 heteroatoms. The normalized spacial score (nSPS) is 10.9. The van der Waals surface area contributed by atoms with Crippen LogP contribution in [0.3, 0.4) is 0 Å². The van der Waals surface area contributed by atoms with Crippen LogP contribution in [0.25, 0.3) is 21.6 Å². The van der Waals surface area contributed by atoms with Crippen LogP contribution in [0.15, 0.2) is 48.1 Å². The maximum absolute atomic E-state index is 5.18. The van der Waals surface area contributed by atoms with Gasteiger partial charge in [0, 0.05) is 16.3 Å². The number of fused-ring (bicyclic) bond motifs is 1. The molecule has 0 fully saturated rings. The third kappa shape index (κ3) is 2.93. The SMILES string of the molecule is COc1ccc(-c2nc(CNc3cnc4[nH]ncc4c3)cs2)cc1. The summed E-state index contributed by atoms with van der Waals surface area (Å²) in [5.74, 6) is 0.847. The minimum absolute atomic E-state index is 0.650. The third-order valence-electron chi connectivity index (χ3n) is 3.65. The topological polar surface area (TPSA) is 75.7 Å². The van der Waals surface area contributed by atoms with Crippen molar-refractivity contribution in [3.63, 3.8) is 0 Å². The van der Waals surface area contributed by atoms with Crippen molar-refractivity contribution in [3.05, 3.63) is 53.8 Å². The summed E-state index contributed by atoms with van der Waals surface area (Å²) in [4.78, 5) is 8.99. The molecule has 0 atom stereocenters. The van der Waals surface area contributed by atoms with Gasteiger partial charge in [0.15, 0.2) is 5.65 Å². The maximum atomic E-state index is 5.18. The van der Waals surface area contributed by atoms with E-state index in [0.717, 1.165) is 38.7 Å². The number of benzene rings is 1. The maximum Gasteiger partial charge on any atom is 0.155 e. The van der Waals surface area contributed by atoms with Crippen molar-refractivity contribution in [2.45, 2.75) is 6.54 Å². The Hall–Kier alpha value is -2.93. The van der Waals surface area contributed by atoms with Crippen LogP contribution >= 0.6 is 11.3 Å². The van der Waals surface area contributed by atoms with E-state index >= 15 is 0 Å². The molecular formula is C17H15N5OS. The molecule has 3 aromatic heterocycles. The van der Waals surface area contributed by atoms with Crippen LogP contribution in [0.5, 0.6) is 5.75 Å². The zero-order chi connectivity index (χ0) is 16.4. The van der Waals surface area contributed by atoms with E-state index in [9.17, 15) is 0 Å². The number of aromatic amines is 1. The van der Waals surface area contributed by atoms with Crippen molar-refractivity contribution in [1.29, 1.82) is 0 Å². The van der Waals surface area contributed by atoms with Crippen molar-refractivity contribution in [2.75, 3.05) is 12.4 Å². The first kappa shape index (κ1) is 14.6. The van der Waals surface area contributed by atoms with Crippen LogP contribution in [0.2, 0.25) is 0 Å². The standard InChI is InChI=1S/C17H15N5OS/c1-23-15-4-2-11(3-5-15)17-21-14(10-24-17)9-18-13-6-12-7-20-22-16(12)19-8-13/h2-8,10,18H,9H2,1H3,(H,19,20,22). The largest absolute Gasteiger partial charge is 0.497 e. The first-order chi connectivity index (χ1) is 11.8. The fourth-order valence-corrected chi connectivity index (χ4v) is 3.21. The number of hydrogen-bond donors (Lipinski definition) is 2. The average Bonchev–Trinajstić information content (AvgIpc) is 3.29. The van der Waals surface area contributed by atoms with Gasteiger partial charge in [0.05, 0.1) is 37.4 Å². The number of thiazole rings is 1. The number of H-pyrrole nitrogens is 1. The zero-order valence-corrected chi connectivity index (χ0v) is 13.8. The molecule has 2 N–H and O–H groups in total. The molecule has 24 heavy (non-hydrogen) atoms. The van der Waals surface area contributed by atoms with Crippen LogP contribution < -0.4 is 10.1 Å². The van der Waals surface area contributed by atoms with Crippen LogP contribution in [0.4, 0.5) is 5.69 Å². The van der Waals surface area contributed by atoms with Crippen molar-refractivity contribution in [2.24, 2.45) is 0 Å². The number of methoxy groups -OCH3 is 1. The van der Waals surface area contributed by atoms with Gasteiger partial charge in [-0.15, -0.1) is 11.3 Å². The van der Waals surface area contributed by atoms with Gasteiger partial charge < -0.3 is 10.1 Å². The smallest absolute Gasteiger partial charge is 0.155 e. The fourth-order valence-electron chi connectivity index (χ4n) is 2.38. The van der Waals surface area contributed by atoms with E-state index < -0.39 is 0 Å².